The fourth-order valence-corrected chi connectivity index (χ4v) is 9.13. The fourth-order valence-electron chi connectivity index (χ4n) is 8.35. The van der Waals surface area contributed by atoms with Gasteiger partial charge >= 0.3 is 25.7 Å². The minimum absolute atomic E-state index is 0.170. The van der Waals surface area contributed by atoms with Gasteiger partial charge in [0.25, 0.3) is 0 Å². The van der Waals surface area contributed by atoms with Gasteiger partial charge in [0, 0.05) is 19.3 Å². The molecule has 0 aromatic rings. The van der Waals surface area contributed by atoms with Crippen molar-refractivity contribution in [2.75, 3.05) is 26.4 Å². The zero-order chi connectivity index (χ0) is 51.3. The number of esters is 3. The Morgan fingerprint density at radius 1 is 0.386 bits per heavy atom. The minimum Gasteiger partial charge on any atom is -0.462 e. The Labute approximate surface area is 429 Å². The number of carbonyl (C=O) groups is 3. The van der Waals surface area contributed by atoms with E-state index in [-0.39, 0.29) is 25.9 Å². The maximum atomic E-state index is 12.9. The van der Waals surface area contributed by atoms with Gasteiger partial charge in [0.2, 0.25) is 0 Å². The number of carbonyl (C=O) groups excluding carboxylic acids is 3. The molecule has 0 saturated carbocycles. The summed E-state index contributed by atoms with van der Waals surface area (Å²) in [5, 5.41) is 9.80. The third-order valence-corrected chi connectivity index (χ3v) is 13.8. The highest BCUT2D eigenvalue weighted by Gasteiger charge is 2.28. The first-order valence-electron chi connectivity index (χ1n) is 29.2. The van der Waals surface area contributed by atoms with Crippen LogP contribution in [0.25, 0.3) is 0 Å². The van der Waals surface area contributed by atoms with Crippen LogP contribution in [0.5, 0.6) is 0 Å². The van der Waals surface area contributed by atoms with E-state index in [9.17, 15) is 28.9 Å². The van der Waals surface area contributed by atoms with E-state index in [0.717, 1.165) is 77.0 Å². The van der Waals surface area contributed by atoms with Crippen molar-refractivity contribution in [2.45, 2.75) is 303 Å². The summed E-state index contributed by atoms with van der Waals surface area (Å²) in [6.45, 7) is 4.64. The molecule has 3 atom stereocenters. The Morgan fingerprint density at radius 2 is 0.657 bits per heavy atom. The Kier molecular flexibility index (Phi) is 51.7. The molecule has 0 saturated heterocycles. The predicted molar refractivity (Wildman–Crippen MR) is 289 cm³/mol. The summed E-state index contributed by atoms with van der Waals surface area (Å²) < 4.78 is 39.5. The van der Waals surface area contributed by atoms with Crippen LogP contribution in [-0.4, -0.2) is 66.5 Å². The monoisotopic (exact) mass is 1010 g/mol. The predicted octanol–water partition coefficient (Wildman–Crippen LogP) is 17.0. The van der Waals surface area contributed by atoms with E-state index in [2.05, 4.69) is 45.1 Å². The van der Waals surface area contributed by atoms with Crippen molar-refractivity contribution in [2.24, 2.45) is 0 Å². The quantitative estimate of drug-likeness (QED) is 0.0197. The first kappa shape index (κ1) is 68.0. The number of ether oxygens (including phenoxy) is 3. The Balaban J connectivity index is 4.60. The molecule has 3 unspecified atom stereocenters. The first-order chi connectivity index (χ1) is 34.2. The van der Waals surface area contributed by atoms with E-state index in [1.807, 2.05) is 0 Å². The van der Waals surface area contributed by atoms with E-state index < -0.39 is 57.8 Å². The number of phosphoric acid groups is 1. The van der Waals surface area contributed by atoms with Crippen LogP contribution in [-0.2, 0) is 42.2 Å². The number of allylic oxidation sites excluding steroid dienone is 4. The van der Waals surface area contributed by atoms with E-state index in [0.29, 0.717) is 19.3 Å². The second-order valence-electron chi connectivity index (χ2n) is 19.8. The number of hydrogen-bond acceptors (Lipinski definition) is 10. The van der Waals surface area contributed by atoms with Gasteiger partial charge in [-0.3, -0.25) is 23.4 Å². The lowest BCUT2D eigenvalue weighted by Crippen LogP contribution is -2.30. The Bertz CT molecular complexity index is 1270. The van der Waals surface area contributed by atoms with Crippen molar-refractivity contribution in [3.63, 3.8) is 0 Å². The maximum absolute atomic E-state index is 12.9. The molecule has 12 heteroatoms. The third-order valence-electron chi connectivity index (χ3n) is 12.8. The molecule has 0 amide bonds. The highest BCUT2D eigenvalue weighted by atomic mass is 31.2. The summed E-state index contributed by atoms with van der Waals surface area (Å²) in [6.07, 6.45) is 52.9. The Hall–Kier alpha value is -2.04. The van der Waals surface area contributed by atoms with Gasteiger partial charge in [0.1, 0.15) is 12.7 Å². The molecule has 11 nitrogen and oxygen atoms in total. The molecule has 0 aromatic carbocycles. The lowest BCUT2D eigenvalue weighted by Gasteiger charge is -2.21. The molecule has 0 spiro atoms. The van der Waals surface area contributed by atoms with Crippen LogP contribution in [0.3, 0.4) is 0 Å². The molecule has 0 aliphatic rings. The zero-order valence-corrected chi connectivity index (χ0v) is 46.4. The molecule has 0 rings (SSSR count). The summed E-state index contributed by atoms with van der Waals surface area (Å²) >= 11 is 0. The second-order valence-corrected chi connectivity index (χ2v) is 21.3. The molecule has 0 aliphatic heterocycles. The van der Waals surface area contributed by atoms with Gasteiger partial charge in [0.15, 0.2) is 6.10 Å². The minimum atomic E-state index is -4.74. The van der Waals surface area contributed by atoms with Crippen molar-refractivity contribution in [3.05, 3.63) is 24.3 Å². The molecule has 0 aromatic heterocycles. The smallest absolute Gasteiger partial charge is 0.462 e. The van der Waals surface area contributed by atoms with Crippen LogP contribution in [0.2, 0.25) is 0 Å². The van der Waals surface area contributed by atoms with E-state index in [4.69, 9.17) is 23.3 Å². The van der Waals surface area contributed by atoms with Crippen LogP contribution in [0.1, 0.15) is 290 Å². The number of aliphatic hydroxyl groups is 1. The second kappa shape index (κ2) is 53.3. The van der Waals surface area contributed by atoms with Crippen molar-refractivity contribution in [1.29, 1.82) is 0 Å². The van der Waals surface area contributed by atoms with Crippen LogP contribution in [0.4, 0.5) is 0 Å². The topological polar surface area (TPSA) is 155 Å². The largest absolute Gasteiger partial charge is 0.472 e. The molecule has 0 bridgehead atoms. The SMILES string of the molecule is CCCCCCCC/C=C\CCCCCCCCCCCC(=O)OC(COC(=O)CCCCCCCCCCC)COP(=O)(O)OCC(CO)OC(=O)CCCCCCC/C=C\CCCCCCCC. The summed E-state index contributed by atoms with van der Waals surface area (Å²) in [5.74, 6) is -1.46. The zero-order valence-electron chi connectivity index (χ0n) is 45.5. The molecular formula is C58H109O11P. The summed E-state index contributed by atoms with van der Waals surface area (Å²) in [7, 11) is -4.74. The fraction of sp³-hybridized carbons (Fsp3) is 0.879. The lowest BCUT2D eigenvalue weighted by atomic mass is 10.1. The summed E-state index contributed by atoms with van der Waals surface area (Å²) in [5.41, 5.74) is 0. The molecule has 412 valence electrons. The highest BCUT2D eigenvalue weighted by molar-refractivity contribution is 7.47. The van der Waals surface area contributed by atoms with E-state index in [1.54, 1.807) is 0 Å². The van der Waals surface area contributed by atoms with Crippen LogP contribution >= 0.6 is 7.82 Å². The third kappa shape index (κ3) is 50.9. The van der Waals surface area contributed by atoms with Crippen LogP contribution in [0.15, 0.2) is 24.3 Å². The molecule has 0 fully saturated rings. The van der Waals surface area contributed by atoms with Crippen LogP contribution in [0, 0.1) is 0 Å². The van der Waals surface area contributed by atoms with E-state index >= 15 is 0 Å². The van der Waals surface area contributed by atoms with E-state index in [1.165, 1.54) is 154 Å². The average Bonchev–Trinajstić information content (AvgIpc) is 3.35. The molecule has 2 N–H and O–H groups in total. The lowest BCUT2D eigenvalue weighted by molar-refractivity contribution is -0.161. The van der Waals surface area contributed by atoms with Crippen molar-refractivity contribution in [1.82, 2.24) is 0 Å². The molecule has 0 heterocycles. The summed E-state index contributed by atoms with van der Waals surface area (Å²) in [4.78, 5) is 48.4. The highest BCUT2D eigenvalue weighted by Crippen LogP contribution is 2.43. The summed E-state index contributed by atoms with van der Waals surface area (Å²) in [6, 6.07) is 0. The molecule has 70 heavy (non-hydrogen) atoms. The van der Waals surface area contributed by atoms with Gasteiger partial charge in [-0.1, -0.05) is 225 Å². The number of aliphatic hydroxyl groups excluding tert-OH is 1. The van der Waals surface area contributed by atoms with Gasteiger partial charge in [-0.25, -0.2) is 4.57 Å². The number of hydrogen-bond donors (Lipinski definition) is 2. The van der Waals surface area contributed by atoms with Gasteiger partial charge in [-0.05, 0) is 70.6 Å². The molecular weight excluding hydrogens is 904 g/mol. The first-order valence-corrected chi connectivity index (χ1v) is 30.7. The van der Waals surface area contributed by atoms with Gasteiger partial charge in [-0.2, -0.15) is 0 Å². The van der Waals surface area contributed by atoms with Crippen LogP contribution < -0.4 is 0 Å². The standard InChI is InChI=1S/C58H109O11P/c1-4-7-10-13-16-19-21-23-25-26-27-28-30-32-34-37-40-43-46-49-58(62)69-55(51-65-56(60)47-44-41-38-35-18-15-12-9-6-3)53-67-70(63,64)66-52-54(50-59)68-57(61)48-45-42-39-36-33-31-29-24-22-20-17-14-11-8-5-2/h23-25,29,54-55,59H,4-22,26-28,30-53H2,1-3H3,(H,63,64)/b25-23-,29-24-. The number of phosphoric ester groups is 1. The van der Waals surface area contributed by atoms with Crippen molar-refractivity contribution >= 4 is 25.7 Å². The molecule has 0 aliphatic carbocycles. The average molecular weight is 1010 g/mol. The Morgan fingerprint density at radius 3 is 0.986 bits per heavy atom. The maximum Gasteiger partial charge on any atom is 0.472 e. The van der Waals surface area contributed by atoms with Gasteiger partial charge in [-0.15, -0.1) is 0 Å². The number of rotatable bonds is 55. The normalized spacial score (nSPS) is 13.5. The van der Waals surface area contributed by atoms with Gasteiger partial charge < -0.3 is 24.2 Å². The van der Waals surface area contributed by atoms with Gasteiger partial charge in [0.05, 0.1) is 19.8 Å². The van der Waals surface area contributed by atoms with Crippen molar-refractivity contribution < 1.29 is 52.2 Å². The van der Waals surface area contributed by atoms with Crippen molar-refractivity contribution in [3.8, 4) is 0 Å². The number of unbranched alkanes of at least 4 members (excludes halogenated alkanes) is 34. The molecule has 0 radical (unpaired) electrons.